The van der Waals surface area contributed by atoms with Crippen LogP contribution in [0.1, 0.15) is 47.0 Å². The van der Waals surface area contributed by atoms with Gasteiger partial charge in [-0.05, 0) is 18.9 Å². The zero-order valence-corrected chi connectivity index (χ0v) is 26.6. The van der Waals surface area contributed by atoms with Gasteiger partial charge in [-0.15, -0.1) is 0 Å². The van der Waals surface area contributed by atoms with Crippen LogP contribution < -0.4 is 5.32 Å². The molecule has 6 rings (SSSR count). The van der Waals surface area contributed by atoms with Crippen LogP contribution in [-0.2, 0) is 42.8 Å². The van der Waals surface area contributed by atoms with Crippen LogP contribution in [0.4, 0.5) is 0 Å². The minimum Gasteiger partial charge on any atom is -0.462 e. The molecule has 1 unspecified atom stereocenters. The number of hydrogen-bond donors (Lipinski definition) is 2. The fourth-order valence-electron chi connectivity index (χ4n) is 12.2. The normalized spacial score (nSPS) is 50.7. The number of hydrogen-bond acceptors (Lipinski definition) is 11. The molecule has 43 heavy (non-hydrogen) atoms. The molecular weight excluding hydrogens is 560 g/mol. The van der Waals surface area contributed by atoms with Crippen molar-refractivity contribution >= 4 is 17.8 Å². The van der Waals surface area contributed by atoms with E-state index in [2.05, 4.69) is 17.1 Å². The lowest BCUT2D eigenvalue weighted by Crippen LogP contribution is -2.81. The Morgan fingerprint density at radius 3 is 2.12 bits per heavy atom. The number of amides is 1. The van der Waals surface area contributed by atoms with Crippen LogP contribution in [0.2, 0.25) is 0 Å². The van der Waals surface area contributed by atoms with Gasteiger partial charge in [0.1, 0.15) is 17.8 Å². The Morgan fingerprint density at radius 1 is 0.907 bits per heavy atom. The fourth-order valence-corrected chi connectivity index (χ4v) is 12.2. The molecule has 242 valence electrons. The molecule has 1 spiro atoms. The molecule has 5 saturated carbocycles. The molecule has 7 bridgehead atoms. The van der Waals surface area contributed by atoms with Gasteiger partial charge in [0.05, 0.1) is 30.5 Å². The summed E-state index contributed by atoms with van der Waals surface area (Å²) in [4.78, 5) is 40.9. The van der Waals surface area contributed by atoms with Crippen molar-refractivity contribution in [1.29, 1.82) is 0 Å². The number of esters is 2. The van der Waals surface area contributed by atoms with E-state index in [9.17, 15) is 19.5 Å². The van der Waals surface area contributed by atoms with Crippen molar-refractivity contribution in [2.45, 2.75) is 94.7 Å². The molecule has 1 saturated heterocycles. The summed E-state index contributed by atoms with van der Waals surface area (Å²) >= 11 is 0. The third-order valence-corrected chi connectivity index (χ3v) is 12.6. The van der Waals surface area contributed by atoms with Crippen LogP contribution >= 0.6 is 0 Å². The third-order valence-electron chi connectivity index (χ3n) is 12.6. The van der Waals surface area contributed by atoms with Gasteiger partial charge >= 0.3 is 11.9 Å². The molecule has 0 aromatic rings. The van der Waals surface area contributed by atoms with E-state index in [-0.39, 0.29) is 41.8 Å². The first-order valence-corrected chi connectivity index (χ1v) is 15.5. The van der Waals surface area contributed by atoms with Crippen molar-refractivity contribution in [2.75, 3.05) is 48.1 Å². The molecule has 12 nitrogen and oxygen atoms in total. The van der Waals surface area contributed by atoms with E-state index in [1.165, 1.54) is 20.8 Å². The minimum absolute atomic E-state index is 0.107. The Balaban J connectivity index is 1.69. The number of piperidine rings is 1. The monoisotopic (exact) mass is 608 g/mol. The summed E-state index contributed by atoms with van der Waals surface area (Å²) in [5, 5.41) is 15.9. The summed E-state index contributed by atoms with van der Waals surface area (Å²) in [7, 11) is 6.63. The maximum absolute atomic E-state index is 13.2. The predicted octanol–water partition coefficient (Wildman–Crippen LogP) is 0.527. The van der Waals surface area contributed by atoms with E-state index in [0.717, 1.165) is 0 Å². The summed E-state index contributed by atoms with van der Waals surface area (Å²) in [5.74, 6) is -2.26. The highest BCUT2D eigenvalue weighted by atomic mass is 16.6. The molecule has 0 radical (unpaired) electrons. The summed E-state index contributed by atoms with van der Waals surface area (Å²) in [5.41, 5.74) is -3.67. The van der Waals surface area contributed by atoms with Crippen molar-refractivity contribution in [3.05, 3.63) is 0 Å². The van der Waals surface area contributed by atoms with Gasteiger partial charge in [-0.3, -0.25) is 19.3 Å². The van der Waals surface area contributed by atoms with E-state index >= 15 is 0 Å². The lowest BCUT2D eigenvalue weighted by molar-refractivity contribution is -0.286. The van der Waals surface area contributed by atoms with Crippen LogP contribution in [0.25, 0.3) is 0 Å². The number of fused-ring (bicyclic) bond motifs is 2. The Morgan fingerprint density at radius 2 is 1.58 bits per heavy atom. The summed E-state index contributed by atoms with van der Waals surface area (Å²) in [6.45, 7) is 8.03. The van der Waals surface area contributed by atoms with E-state index in [1.807, 2.05) is 0 Å². The Kier molecular flexibility index (Phi) is 7.50. The standard InChI is InChI=1S/C31H48N2O10/c1-9-33-13-28(14-38-5)19(42-16(3)35)10-20(39-6)31-18-11-30(37)21(40-7)12-29(32-15(2)34,22(18)27(30)43-17(4)36)23(26(31)33)24(41-8)25(28)31/h18-27,37H,9-14H2,1-8H3,(H,32,34)/t18-,19-,20+,21+,22-,23+,24+,25-,26?,27-,28+,29-,30+,31+/m1/s1. The minimum atomic E-state index is -1.47. The first-order valence-electron chi connectivity index (χ1n) is 15.5. The lowest BCUT2D eigenvalue weighted by atomic mass is 9.42. The second kappa shape index (κ2) is 10.3. The molecular formula is C31H48N2O10. The molecule has 14 atom stereocenters. The van der Waals surface area contributed by atoms with Crippen LogP contribution in [0.3, 0.4) is 0 Å². The highest BCUT2D eigenvalue weighted by molar-refractivity contribution is 5.74. The first kappa shape index (κ1) is 31.2. The summed E-state index contributed by atoms with van der Waals surface area (Å²) < 4.78 is 37.2. The summed E-state index contributed by atoms with van der Waals surface area (Å²) in [6, 6.07) is -0.107. The zero-order valence-electron chi connectivity index (χ0n) is 26.6. The van der Waals surface area contributed by atoms with E-state index < -0.39 is 58.3 Å². The second-order valence-corrected chi connectivity index (χ2v) is 13.9. The molecule has 1 amide bonds. The van der Waals surface area contributed by atoms with Crippen LogP contribution in [0.15, 0.2) is 0 Å². The van der Waals surface area contributed by atoms with Gasteiger partial charge in [-0.25, -0.2) is 0 Å². The molecule has 12 heteroatoms. The van der Waals surface area contributed by atoms with Gasteiger partial charge in [0.15, 0.2) is 0 Å². The number of nitrogens with zero attached hydrogens (tertiary/aromatic N) is 1. The van der Waals surface area contributed by atoms with Crippen molar-refractivity contribution in [3.63, 3.8) is 0 Å². The Labute approximate surface area is 253 Å². The highest BCUT2D eigenvalue weighted by Crippen LogP contribution is 2.80. The van der Waals surface area contributed by atoms with Crippen LogP contribution in [0, 0.1) is 34.5 Å². The fraction of sp³-hybridized carbons (Fsp3) is 0.903. The first-order chi connectivity index (χ1) is 20.4. The van der Waals surface area contributed by atoms with Gasteiger partial charge in [0.2, 0.25) is 5.91 Å². The van der Waals surface area contributed by atoms with Gasteiger partial charge in [-0.1, -0.05) is 6.92 Å². The smallest absolute Gasteiger partial charge is 0.303 e. The van der Waals surface area contributed by atoms with Gasteiger partial charge in [0.25, 0.3) is 0 Å². The largest absolute Gasteiger partial charge is 0.462 e. The topological polar surface area (TPSA) is 142 Å². The van der Waals surface area contributed by atoms with Crippen molar-refractivity contribution in [2.24, 2.45) is 34.5 Å². The number of methoxy groups -OCH3 is 4. The Bertz CT molecular complexity index is 1170. The average molecular weight is 609 g/mol. The van der Waals surface area contributed by atoms with Crippen molar-refractivity contribution < 1.29 is 47.9 Å². The molecule has 1 aliphatic heterocycles. The van der Waals surface area contributed by atoms with Gasteiger partial charge in [0, 0.05) is 103 Å². The quantitative estimate of drug-likeness (QED) is 0.354. The molecule has 5 aliphatic carbocycles. The predicted molar refractivity (Wildman–Crippen MR) is 151 cm³/mol. The maximum Gasteiger partial charge on any atom is 0.303 e. The summed E-state index contributed by atoms with van der Waals surface area (Å²) in [6.07, 6.45) is -1.81. The number of ether oxygens (including phenoxy) is 6. The van der Waals surface area contributed by atoms with Gasteiger partial charge < -0.3 is 38.8 Å². The Hall–Kier alpha value is -1.83. The van der Waals surface area contributed by atoms with Crippen LogP contribution in [0.5, 0.6) is 0 Å². The number of nitrogens with one attached hydrogen (secondary N) is 1. The van der Waals surface area contributed by atoms with E-state index in [1.54, 1.807) is 28.4 Å². The number of aliphatic hydroxyl groups is 1. The van der Waals surface area contributed by atoms with Crippen LogP contribution in [-0.4, -0.2) is 124 Å². The molecule has 6 aliphatic rings. The average Bonchev–Trinajstić information content (AvgIpc) is 3.30. The maximum atomic E-state index is 13.2. The van der Waals surface area contributed by atoms with E-state index in [0.29, 0.717) is 39.0 Å². The molecule has 6 fully saturated rings. The number of carbonyl (C=O) groups is 3. The molecule has 2 N–H and O–H groups in total. The zero-order chi connectivity index (χ0) is 31.3. The second-order valence-electron chi connectivity index (χ2n) is 13.9. The van der Waals surface area contributed by atoms with E-state index in [4.69, 9.17) is 28.4 Å². The number of carbonyl (C=O) groups excluding carboxylic acids is 3. The third kappa shape index (κ3) is 3.68. The van der Waals surface area contributed by atoms with Crippen molar-refractivity contribution in [3.8, 4) is 0 Å². The molecule has 1 heterocycles. The molecule has 0 aromatic heterocycles. The number of rotatable bonds is 9. The molecule has 0 aromatic carbocycles. The SMILES string of the molecule is CCN1C[C@@]2(COC)[C@H]3[C@@H](OC)[C@H]4C1[C@]3([C@@H](OC)C[C@H]2OC(C)=O)[C@@H]1C[C@]2(O)[C@@H](OC)C[C@@]4(NC(C)=O)[C@H]1[C@H]2OC(C)=O. The highest BCUT2D eigenvalue weighted by Gasteiger charge is 2.90. The van der Waals surface area contributed by atoms with Gasteiger partial charge in [-0.2, -0.15) is 0 Å². The number of likely N-dealkylation sites (tertiary alicyclic amines) is 1. The van der Waals surface area contributed by atoms with Crippen molar-refractivity contribution in [1.82, 2.24) is 10.2 Å². The lowest BCUT2D eigenvalue weighted by Gasteiger charge is -2.70.